The summed E-state index contributed by atoms with van der Waals surface area (Å²) in [5.41, 5.74) is 5.23. The number of nitro groups is 1. The third-order valence-corrected chi connectivity index (χ3v) is 6.92. The Morgan fingerprint density at radius 2 is 1.89 bits per heavy atom. The van der Waals surface area contributed by atoms with Gasteiger partial charge >= 0.3 is 0 Å². The molecule has 1 heterocycles. The SMILES string of the molecule is Cc1cc(/C=N\NC(=O)CN(c2cccc([N+](=O)[O-])c2)S(C)(=O)=O)c(C)n1-c1ccc(Cl)c(Cl)c1. The predicted octanol–water partition coefficient (Wildman–Crippen LogP) is 4.23. The van der Waals surface area contributed by atoms with Crippen LogP contribution in [-0.2, 0) is 14.8 Å². The first-order valence-corrected chi connectivity index (χ1v) is 12.7. The first-order valence-electron chi connectivity index (χ1n) is 10.1. The minimum absolute atomic E-state index is 0.00833. The van der Waals surface area contributed by atoms with Gasteiger partial charge in [0.25, 0.3) is 11.6 Å². The van der Waals surface area contributed by atoms with Gasteiger partial charge in [-0.3, -0.25) is 19.2 Å². The minimum Gasteiger partial charge on any atom is -0.318 e. The van der Waals surface area contributed by atoms with Crippen LogP contribution in [0.5, 0.6) is 0 Å². The zero-order chi connectivity index (χ0) is 25.9. The zero-order valence-electron chi connectivity index (χ0n) is 18.9. The van der Waals surface area contributed by atoms with E-state index in [1.54, 1.807) is 12.1 Å². The Kier molecular flexibility index (Phi) is 7.83. The standard InChI is InChI=1S/C22H21Cl2N5O5S/c1-14-9-16(15(2)28(14)18-7-8-20(23)21(24)11-18)12-25-26-22(30)13-27(35(3,33)34)17-5-4-6-19(10-17)29(31)32/h4-12H,13H2,1-3H3,(H,26,30)/b25-12-. The molecule has 184 valence electrons. The molecule has 3 aromatic rings. The number of carbonyl (C=O) groups excluding carboxylic acids is 1. The second-order valence-electron chi connectivity index (χ2n) is 7.60. The molecule has 0 unspecified atom stereocenters. The van der Waals surface area contributed by atoms with E-state index in [4.69, 9.17) is 23.2 Å². The van der Waals surface area contributed by atoms with Gasteiger partial charge in [0, 0.05) is 34.8 Å². The summed E-state index contributed by atoms with van der Waals surface area (Å²) in [6.07, 6.45) is 2.34. The number of benzene rings is 2. The van der Waals surface area contributed by atoms with Gasteiger partial charge in [-0.25, -0.2) is 13.8 Å². The maximum atomic E-state index is 12.4. The number of nitrogens with zero attached hydrogens (tertiary/aromatic N) is 4. The number of amides is 1. The van der Waals surface area contributed by atoms with Gasteiger partial charge in [0.15, 0.2) is 0 Å². The van der Waals surface area contributed by atoms with Crippen molar-refractivity contribution in [3.05, 3.63) is 85.6 Å². The van der Waals surface area contributed by atoms with E-state index in [1.165, 1.54) is 24.4 Å². The molecule has 1 aromatic heterocycles. The highest BCUT2D eigenvalue weighted by atomic mass is 35.5. The van der Waals surface area contributed by atoms with E-state index >= 15 is 0 Å². The Hall–Kier alpha value is -3.41. The number of halogens is 2. The molecule has 2 aromatic carbocycles. The molecule has 0 saturated carbocycles. The lowest BCUT2D eigenvalue weighted by Gasteiger charge is -2.21. The van der Waals surface area contributed by atoms with Gasteiger partial charge in [-0.2, -0.15) is 5.10 Å². The molecule has 35 heavy (non-hydrogen) atoms. The molecule has 0 aliphatic heterocycles. The summed E-state index contributed by atoms with van der Waals surface area (Å²) in [5.74, 6) is -0.725. The van der Waals surface area contributed by atoms with E-state index < -0.39 is 27.4 Å². The number of hydrazone groups is 1. The number of hydrogen-bond donors (Lipinski definition) is 1. The van der Waals surface area contributed by atoms with Crippen molar-refractivity contribution in [3.8, 4) is 5.69 Å². The summed E-state index contributed by atoms with van der Waals surface area (Å²) < 4.78 is 27.2. The number of non-ortho nitro benzene ring substituents is 1. The van der Waals surface area contributed by atoms with Crippen molar-refractivity contribution < 1.29 is 18.1 Å². The van der Waals surface area contributed by atoms with Gasteiger partial charge in [-0.05, 0) is 44.2 Å². The number of carbonyl (C=O) groups is 1. The summed E-state index contributed by atoms with van der Waals surface area (Å²) >= 11 is 12.1. The maximum Gasteiger partial charge on any atom is 0.271 e. The number of sulfonamides is 1. The summed E-state index contributed by atoms with van der Waals surface area (Å²) in [4.78, 5) is 22.8. The van der Waals surface area contributed by atoms with Gasteiger partial charge in [0.1, 0.15) is 6.54 Å². The molecule has 0 radical (unpaired) electrons. The number of nitro benzene ring substituents is 1. The van der Waals surface area contributed by atoms with Crippen LogP contribution >= 0.6 is 23.2 Å². The first-order chi connectivity index (χ1) is 16.4. The fourth-order valence-corrected chi connectivity index (χ4v) is 4.58. The number of aromatic nitrogens is 1. The normalized spacial score (nSPS) is 11.6. The Labute approximate surface area is 212 Å². The number of aryl methyl sites for hydroxylation is 1. The van der Waals surface area contributed by atoms with Crippen LogP contribution in [0.3, 0.4) is 0 Å². The van der Waals surface area contributed by atoms with Gasteiger partial charge in [-0.15, -0.1) is 0 Å². The molecule has 0 aliphatic carbocycles. The quantitative estimate of drug-likeness (QED) is 0.261. The van der Waals surface area contributed by atoms with Crippen molar-refractivity contribution in [2.45, 2.75) is 13.8 Å². The first kappa shape index (κ1) is 26.2. The number of rotatable bonds is 8. The minimum atomic E-state index is -3.90. The highest BCUT2D eigenvalue weighted by Gasteiger charge is 2.22. The lowest BCUT2D eigenvalue weighted by molar-refractivity contribution is -0.384. The summed E-state index contributed by atoms with van der Waals surface area (Å²) in [6.45, 7) is 3.15. The number of hydrogen-bond acceptors (Lipinski definition) is 6. The van der Waals surface area contributed by atoms with E-state index in [2.05, 4.69) is 10.5 Å². The molecule has 0 spiro atoms. The number of anilines is 1. The van der Waals surface area contributed by atoms with Crippen LogP contribution < -0.4 is 9.73 Å². The van der Waals surface area contributed by atoms with Crippen molar-refractivity contribution in [3.63, 3.8) is 0 Å². The van der Waals surface area contributed by atoms with E-state index in [0.717, 1.165) is 33.7 Å². The van der Waals surface area contributed by atoms with Gasteiger partial charge in [-0.1, -0.05) is 29.3 Å². The third-order valence-electron chi connectivity index (χ3n) is 5.04. The number of nitrogens with one attached hydrogen (secondary N) is 1. The zero-order valence-corrected chi connectivity index (χ0v) is 21.2. The Balaban J connectivity index is 1.77. The molecule has 1 amide bonds. The lowest BCUT2D eigenvalue weighted by Crippen LogP contribution is -2.39. The maximum absolute atomic E-state index is 12.4. The van der Waals surface area contributed by atoms with Crippen molar-refractivity contribution >= 4 is 56.7 Å². The molecule has 0 fully saturated rings. The van der Waals surface area contributed by atoms with Crippen LogP contribution in [0.1, 0.15) is 17.0 Å². The van der Waals surface area contributed by atoms with Crippen LogP contribution in [0, 0.1) is 24.0 Å². The largest absolute Gasteiger partial charge is 0.318 e. The molecule has 0 atom stereocenters. The van der Waals surface area contributed by atoms with Gasteiger partial charge in [0.2, 0.25) is 10.0 Å². The average molecular weight is 538 g/mol. The average Bonchev–Trinajstić information content (AvgIpc) is 3.06. The molecule has 13 heteroatoms. The Morgan fingerprint density at radius 3 is 2.51 bits per heavy atom. The van der Waals surface area contributed by atoms with Crippen LogP contribution in [0.15, 0.2) is 53.6 Å². The third kappa shape index (κ3) is 6.18. The molecule has 0 saturated heterocycles. The fourth-order valence-electron chi connectivity index (χ4n) is 3.44. The summed E-state index contributed by atoms with van der Waals surface area (Å²) in [6, 6.07) is 12.1. The van der Waals surface area contributed by atoms with Crippen LogP contribution in [0.25, 0.3) is 5.69 Å². The van der Waals surface area contributed by atoms with Gasteiger partial charge in [0.05, 0.1) is 33.1 Å². The molecule has 0 bridgehead atoms. The smallest absolute Gasteiger partial charge is 0.271 e. The van der Waals surface area contributed by atoms with Crippen molar-refractivity contribution in [1.29, 1.82) is 0 Å². The topological polar surface area (TPSA) is 127 Å². The Morgan fingerprint density at radius 1 is 1.17 bits per heavy atom. The highest BCUT2D eigenvalue weighted by molar-refractivity contribution is 7.92. The Bertz CT molecular complexity index is 1440. The predicted molar refractivity (Wildman–Crippen MR) is 136 cm³/mol. The van der Waals surface area contributed by atoms with Crippen molar-refractivity contribution in [2.75, 3.05) is 17.1 Å². The van der Waals surface area contributed by atoms with E-state index in [9.17, 15) is 23.3 Å². The van der Waals surface area contributed by atoms with E-state index in [-0.39, 0.29) is 11.4 Å². The van der Waals surface area contributed by atoms with Crippen LogP contribution in [-0.4, -0.2) is 42.8 Å². The van der Waals surface area contributed by atoms with Crippen LogP contribution in [0.4, 0.5) is 11.4 Å². The van der Waals surface area contributed by atoms with Gasteiger partial charge < -0.3 is 4.57 Å². The lowest BCUT2D eigenvalue weighted by atomic mass is 10.2. The summed E-state index contributed by atoms with van der Waals surface area (Å²) in [7, 11) is -3.90. The fraction of sp³-hybridized carbons (Fsp3) is 0.182. The molecule has 0 aliphatic rings. The molecule has 1 N–H and O–H groups in total. The second kappa shape index (κ2) is 10.5. The van der Waals surface area contributed by atoms with E-state index in [1.807, 2.05) is 30.5 Å². The summed E-state index contributed by atoms with van der Waals surface area (Å²) in [5, 5.41) is 15.8. The van der Waals surface area contributed by atoms with E-state index in [0.29, 0.717) is 15.6 Å². The monoisotopic (exact) mass is 537 g/mol. The van der Waals surface area contributed by atoms with Crippen molar-refractivity contribution in [1.82, 2.24) is 9.99 Å². The molecular formula is C22H21Cl2N5O5S. The molecular weight excluding hydrogens is 517 g/mol. The molecule has 3 rings (SSSR count). The van der Waals surface area contributed by atoms with Crippen LogP contribution in [0.2, 0.25) is 10.0 Å². The highest BCUT2D eigenvalue weighted by Crippen LogP contribution is 2.27. The second-order valence-corrected chi connectivity index (χ2v) is 10.3. The molecule has 10 nitrogen and oxygen atoms in total. The van der Waals surface area contributed by atoms with Crippen molar-refractivity contribution in [2.24, 2.45) is 5.10 Å².